The Morgan fingerprint density at radius 3 is 2.39 bits per heavy atom. The van der Waals surface area contributed by atoms with E-state index < -0.39 is 20.6 Å². The van der Waals surface area contributed by atoms with Crippen molar-refractivity contribution < 1.29 is 18.1 Å². The number of piperazine rings is 1. The Kier molecular flexibility index (Phi) is 6.04. The minimum absolute atomic E-state index is 0.0335. The van der Waals surface area contributed by atoms with Gasteiger partial charge in [-0.3, -0.25) is 14.9 Å². The SMILES string of the molecule is O=C(c1cc(Br)ccc1Cl)N1CCN(S(=O)(=O)c2ccccc2[N+](=O)[O-])CC1. The van der Waals surface area contributed by atoms with Gasteiger partial charge in [-0.2, -0.15) is 4.31 Å². The van der Waals surface area contributed by atoms with Crippen LogP contribution in [-0.4, -0.2) is 54.6 Å². The smallest absolute Gasteiger partial charge is 0.289 e. The molecule has 11 heteroatoms. The molecule has 28 heavy (non-hydrogen) atoms. The number of carbonyl (C=O) groups excluding carboxylic acids is 1. The molecule has 0 bridgehead atoms. The summed E-state index contributed by atoms with van der Waals surface area (Å²) in [6.45, 7) is 0.376. The van der Waals surface area contributed by atoms with Crippen LogP contribution in [-0.2, 0) is 10.0 Å². The fourth-order valence-corrected chi connectivity index (χ4v) is 5.07. The van der Waals surface area contributed by atoms with Crippen LogP contribution in [0.25, 0.3) is 0 Å². The average Bonchev–Trinajstić information content (AvgIpc) is 2.69. The van der Waals surface area contributed by atoms with Crippen LogP contribution < -0.4 is 0 Å². The molecule has 0 saturated carbocycles. The third kappa shape index (κ3) is 4.04. The van der Waals surface area contributed by atoms with Crippen molar-refractivity contribution in [3.63, 3.8) is 0 Å². The molecule has 0 N–H and O–H groups in total. The molecule has 0 atom stereocenters. The van der Waals surface area contributed by atoms with Crippen molar-refractivity contribution in [3.8, 4) is 0 Å². The molecule has 2 aromatic carbocycles. The minimum Gasteiger partial charge on any atom is -0.336 e. The Balaban J connectivity index is 1.77. The lowest BCUT2D eigenvalue weighted by atomic mass is 10.2. The zero-order valence-electron chi connectivity index (χ0n) is 14.4. The number of nitro groups is 1. The van der Waals surface area contributed by atoms with E-state index in [4.69, 9.17) is 11.6 Å². The molecule has 0 radical (unpaired) electrons. The molecule has 148 valence electrons. The van der Waals surface area contributed by atoms with Gasteiger partial charge in [-0.15, -0.1) is 0 Å². The standard InChI is InChI=1S/C17H15BrClN3O5S/c18-12-5-6-14(19)13(11-12)17(23)20-7-9-21(10-8-20)28(26,27)16-4-2-1-3-15(16)22(24)25/h1-6,11H,7-10H2. The number of para-hydroxylation sites is 1. The Labute approximate surface area is 175 Å². The zero-order chi connectivity index (χ0) is 20.5. The maximum absolute atomic E-state index is 12.8. The van der Waals surface area contributed by atoms with Crippen LogP contribution in [0.15, 0.2) is 51.8 Å². The van der Waals surface area contributed by atoms with Gasteiger partial charge < -0.3 is 4.90 Å². The highest BCUT2D eigenvalue weighted by molar-refractivity contribution is 9.10. The Bertz CT molecular complexity index is 1040. The first-order chi connectivity index (χ1) is 13.2. The quantitative estimate of drug-likeness (QED) is 0.486. The van der Waals surface area contributed by atoms with E-state index in [1.165, 1.54) is 23.1 Å². The molecule has 0 aromatic heterocycles. The fraction of sp³-hybridized carbons (Fsp3) is 0.235. The molecule has 1 amide bonds. The predicted molar refractivity (Wildman–Crippen MR) is 107 cm³/mol. The van der Waals surface area contributed by atoms with E-state index in [2.05, 4.69) is 15.9 Å². The molecule has 2 aromatic rings. The van der Waals surface area contributed by atoms with E-state index in [0.29, 0.717) is 15.1 Å². The second-order valence-corrected chi connectivity index (χ2v) is 9.27. The molecule has 0 unspecified atom stereocenters. The first kappa shape index (κ1) is 20.7. The Hall–Kier alpha value is -2.01. The number of rotatable bonds is 4. The van der Waals surface area contributed by atoms with Gasteiger partial charge in [0.05, 0.1) is 15.5 Å². The summed E-state index contributed by atoms with van der Waals surface area (Å²) in [6, 6.07) is 10.2. The summed E-state index contributed by atoms with van der Waals surface area (Å²) in [5, 5.41) is 11.5. The maximum atomic E-state index is 12.8. The van der Waals surface area contributed by atoms with Gasteiger partial charge in [0.15, 0.2) is 4.90 Å². The third-order valence-corrected chi connectivity index (χ3v) is 7.13. The van der Waals surface area contributed by atoms with Crippen LogP contribution >= 0.6 is 27.5 Å². The van der Waals surface area contributed by atoms with Gasteiger partial charge in [-0.05, 0) is 24.3 Å². The van der Waals surface area contributed by atoms with Crippen LogP contribution in [0.1, 0.15) is 10.4 Å². The van der Waals surface area contributed by atoms with E-state index in [-0.39, 0.29) is 37.0 Å². The van der Waals surface area contributed by atoms with Gasteiger partial charge >= 0.3 is 0 Å². The van der Waals surface area contributed by atoms with E-state index in [9.17, 15) is 23.3 Å². The van der Waals surface area contributed by atoms with Gasteiger partial charge in [-0.25, -0.2) is 8.42 Å². The summed E-state index contributed by atoms with van der Waals surface area (Å²) >= 11 is 9.40. The van der Waals surface area contributed by atoms with E-state index in [0.717, 1.165) is 10.4 Å². The molecule has 0 aliphatic carbocycles. The van der Waals surface area contributed by atoms with E-state index >= 15 is 0 Å². The lowest BCUT2D eigenvalue weighted by Gasteiger charge is -2.34. The molecule has 1 aliphatic heterocycles. The normalized spacial score (nSPS) is 15.4. The summed E-state index contributed by atoms with van der Waals surface area (Å²) in [6.07, 6.45) is 0. The van der Waals surface area contributed by atoms with Gasteiger partial charge in [0, 0.05) is 36.7 Å². The van der Waals surface area contributed by atoms with E-state index in [1.54, 1.807) is 18.2 Å². The number of hydrogen-bond donors (Lipinski definition) is 0. The molecule has 1 fully saturated rings. The average molecular weight is 489 g/mol. The molecule has 3 rings (SSSR count). The summed E-state index contributed by atoms with van der Waals surface area (Å²) < 4.78 is 27.6. The molecule has 1 heterocycles. The summed E-state index contributed by atoms with van der Waals surface area (Å²) in [7, 11) is -4.05. The zero-order valence-corrected chi connectivity index (χ0v) is 17.6. The number of nitro benzene ring substituents is 1. The van der Waals surface area contributed by atoms with Crippen molar-refractivity contribution in [2.45, 2.75) is 4.90 Å². The number of amides is 1. The Morgan fingerprint density at radius 2 is 1.75 bits per heavy atom. The highest BCUT2D eigenvalue weighted by atomic mass is 79.9. The topological polar surface area (TPSA) is 101 Å². The highest BCUT2D eigenvalue weighted by Crippen LogP contribution is 2.28. The molecule has 0 spiro atoms. The minimum atomic E-state index is -4.05. The van der Waals surface area contributed by atoms with Crippen LogP contribution in [0, 0.1) is 10.1 Å². The monoisotopic (exact) mass is 487 g/mol. The molecule has 1 saturated heterocycles. The lowest BCUT2D eigenvalue weighted by Crippen LogP contribution is -2.50. The van der Waals surface area contributed by atoms with Crippen molar-refractivity contribution in [1.82, 2.24) is 9.21 Å². The van der Waals surface area contributed by atoms with Crippen LogP contribution in [0.5, 0.6) is 0 Å². The molecular weight excluding hydrogens is 474 g/mol. The number of nitrogens with zero attached hydrogens (tertiary/aromatic N) is 3. The van der Waals surface area contributed by atoms with Crippen molar-refractivity contribution >= 4 is 49.1 Å². The Morgan fingerprint density at radius 1 is 1.11 bits per heavy atom. The number of carbonyl (C=O) groups is 1. The lowest BCUT2D eigenvalue weighted by molar-refractivity contribution is -0.387. The van der Waals surface area contributed by atoms with E-state index in [1.807, 2.05) is 0 Å². The second-order valence-electron chi connectivity index (χ2n) is 6.05. The third-order valence-electron chi connectivity index (χ3n) is 4.36. The van der Waals surface area contributed by atoms with Gasteiger partial charge in [0.2, 0.25) is 10.0 Å². The molecule has 1 aliphatic rings. The fourth-order valence-electron chi connectivity index (χ4n) is 2.93. The van der Waals surface area contributed by atoms with Gasteiger partial charge in [0.25, 0.3) is 11.6 Å². The van der Waals surface area contributed by atoms with Gasteiger partial charge in [-0.1, -0.05) is 39.7 Å². The molecule has 8 nitrogen and oxygen atoms in total. The summed E-state index contributed by atoms with van der Waals surface area (Å²) in [4.78, 5) is 24.3. The largest absolute Gasteiger partial charge is 0.336 e. The van der Waals surface area contributed by atoms with Crippen molar-refractivity contribution in [3.05, 3.63) is 67.6 Å². The van der Waals surface area contributed by atoms with Gasteiger partial charge in [0.1, 0.15) is 0 Å². The van der Waals surface area contributed by atoms with Crippen molar-refractivity contribution in [2.24, 2.45) is 0 Å². The first-order valence-electron chi connectivity index (χ1n) is 8.19. The second kappa shape index (κ2) is 8.16. The van der Waals surface area contributed by atoms with Crippen LogP contribution in [0.4, 0.5) is 5.69 Å². The van der Waals surface area contributed by atoms with Crippen molar-refractivity contribution in [2.75, 3.05) is 26.2 Å². The number of sulfonamides is 1. The number of halogens is 2. The summed E-state index contributed by atoms with van der Waals surface area (Å²) in [5.41, 5.74) is -0.145. The van der Waals surface area contributed by atoms with Crippen LogP contribution in [0.2, 0.25) is 5.02 Å². The number of benzene rings is 2. The molecular formula is C17H15BrClN3O5S. The highest BCUT2D eigenvalue weighted by Gasteiger charge is 2.34. The van der Waals surface area contributed by atoms with Crippen molar-refractivity contribution in [1.29, 1.82) is 0 Å². The number of hydrogen-bond acceptors (Lipinski definition) is 5. The first-order valence-corrected chi connectivity index (χ1v) is 10.8. The predicted octanol–water partition coefficient (Wildman–Crippen LogP) is 3.16. The maximum Gasteiger partial charge on any atom is 0.289 e. The summed E-state index contributed by atoms with van der Waals surface area (Å²) in [5.74, 6) is -0.297. The van der Waals surface area contributed by atoms with Crippen LogP contribution in [0.3, 0.4) is 0 Å².